The van der Waals surface area contributed by atoms with Crippen LogP contribution < -0.4 is 4.90 Å². The van der Waals surface area contributed by atoms with E-state index in [1.165, 1.54) is 18.9 Å². The third-order valence-corrected chi connectivity index (χ3v) is 4.98. The molecule has 5 heteroatoms. The molecular weight excluding hydrogens is 317 g/mol. The van der Waals surface area contributed by atoms with E-state index in [2.05, 4.69) is 9.88 Å². The molecule has 1 saturated carbocycles. The fraction of sp³-hybridized carbons (Fsp3) is 0.400. The zero-order valence-corrected chi connectivity index (χ0v) is 14.2. The second-order valence-electron chi connectivity index (χ2n) is 6.85. The number of nitrogens with zero attached hydrogens (tertiary/aromatic N) is 3. The van der Waals surface area contributed by atoms with Gasteiger partial charge in [-0.05, 0) is 43.9 Å². The van der Waals surface area contributed by atoms with Crippen molar-refractivity contribution in [2.45, 2.75) is 38.3 Å². The number of amides is 1. The van der Waals surface area contributed by atoms with Crippen LogP contribution in [0.1, 0.15) is 41.7 Å². The average molecular weight is 339 g/mol. The van der Waals surface area contributed by atoms with Gasteiger partial charge in [-0.3, -0.25) is 9.78 Å². The highest BCUT2D eigenvalue weighted by atomic mass is 19.1. The third-order valence-electron chi connectivity index (χ3n) is 4.98. The summed E-state index contributed by atoms with van der Waals surface area (Å²) in [4.78, 5) is 21.4. The Morgan fingerprint density at radius 2 is 1.96 bits per heavy atom. The Labute approximate surface area is 147 Å². The van der Waals surface area contributed by atoms with Gasteiger partial charge in [0, 0.05) is 43.1 Å². The summed E-state index contributed by atoms with van der Waals surface area (Å²) >= 11 is 0. The molecule has 0 unspecified atom stereocenters. The number of hydrogen-bond acceptors (Lipinski definition) is 3. The van der Waals surface area contributed by atoms with Gasteiger partial charge in [0.25, 0.3) is 5.91 Å². The van der Waals surface area contributed by atoms with Gasteiger partial charge in [0.05, 0.1) is 0 Å². The van der Waals surface area contributed by atoms with E-state index in [1.54, 1.807) is 29.3 Å². The number of benzene rings is 1. The van der Waals surface area contributed by atoms with Crippen molar-refractivity contribution in [3.63, 3.8) is 0 Å². The van der Waals surface area contributed by atoms with Gasteiger partial charge in [-0.1, -0.05) is 18.2 Å². The van der Waals surface area contributed by atoms with Gasteiger partial charge in [0.15, 0.2) is 0 Å². The van der Waals surface area contributed by atoms with Crippen LogP contribution in [0.25, 0.3) is 0 Å². The molecule has 0 bridgehead atoms. The lowest BCUT2D eigenvalue weighted by atomic mass is 10.2. The van der Waals surface area contributed by atoms with E-state index in [-0.39, 0.29) is 17.8 Å². The highest BCUT2D eigenvalue weighted by Gasteiger charge is 2.34. The van der Waals surface area contributed by atoms with E-state index in [0.29, 0.717) is 17.8 Å². The van der Waals surface area contributed by atoms with E-state index in [1.807, 2.05) is 12.1 Å². The van der Waals surface area contributed by atoms with Crippen LogP contribution in [0.15, 0.2) is 42.6 Å². The lowest BCUT2D eigenvalue weighted by molar-refractivity contribution is 0.0722. The Balaban J connectivity index is 1.57. The maximum absolute atomic E-state index is 14.0. The number of anilines is 1. The van der Waals surface area contributed by atoms with E-state index < -0.39 is 0 Å². The molecule has 2 heterocycles. The molecule has 1 aliphatic heterocycles. The number of halogens is 1. The Morgan fingerprint density at radius 1 is 1.20 bits per heavy atom. The van der Waals surface area contributed by atoms with Crippen molar-refractivity contribution in [1.29, 1.82) is 0 Å². The van der Waals surface area contributed by atoms with Crippen molar-refractivity contribution >= 4 is 11.6 Å². The fourth-order valence-electron chi connectivity index (χ4n) is 3.42. The molecule has 1 amide bonds. The third kappa shape index (κ3) is 3.50. The van der Waals surface area contributed by atoms with Crippen molar-refractivity contribution in [1.82, 2.24) is 9.88 Å². The normalized spacial score (nSPS) is 16.9. The average Bonchev–Trinajstić information content (AvgIpc) is 3.33. The van der Waals surface area contributed by atoms with Gasteiger partial charge >= 0.3 is 0 Å². The van der Waals surface area contributed by atoms with E-state index in [9.17, 15) is 9.18 Å². The molecule has 1 aromatic carbocycles. The van der Waals surface area contributed by atoms with Crippen LogP contribution in [-0.2, 0) is 6.54 Å². The molecule has 25 heavy (non-hydrogen) atoms. The second-order valence-corrected chi connectivity index (χ2v) is 6.85. The summed E-state index contributed by atoms with van der Waals surface area (Å²) in [5.41, 5.74) is 2.06. The molecule has 4 nitrogen and oxygen atoms in total. The summed E-state index contributed by atoms with van der Waals surface area (Å²) < 4.78 is 14.0. The van der Waals surface area contributed by atoms with Crippen molar-refractivity contribution in [2.24, 2.45) is 0 Å². The molecule has 2 fully saturated rings. The number of aromatic nitrogens is 1. The predicted octanol–water partition coefficient (Wildman–Crippen LogP) is 3.63. The van der Waals surface area contributed by atoms with Gasteiger partial charge < -0.3 is 9.80 Å². The lowest BCUT2D eigenvalue weighted by Gasteiger charge is -2.23. The van der Waals surface area contributed by atoms with E-state index in [4.69, 9.17) is 0 Å². The first-order valence-electron chi connectivity index (χ1n) is 8.98. The first-order valence-corrected chi connectivity index (χ1v) is 8.98. The summed E-state index contributed by atoms with van der Waals surface area (Å²) in [6.07, 6.45) is 6.03. The first-order chi connectivity index (χ1) is 12.2. The lowest BCUT2D eigenvalue weighted by Crippen LogP contribution is -2.33. The van der Waals surface area contributed by atoms with Crippen LogP contribution >= 0.6 is 0 Å². The maximum atomic E-state index is 14.0. The number of rotatable bonds is 5. The van der Waals surface area contributed by atoms with Crippen LogP contribution in [0.4, 0.5) is 10.1 Å². The van der Waals surface area contributed by atoms with Gasteiger partial charge in [-0.2, -0.15) is 0 Å². The smallest absolute Gasteiger partial charge is 0.273 e. The summed E-state index contributed by atoms with van der Waals surface area (Å²) in [6.45, 7) is 2.35. The molecule has 4 rings (SSSR count). The molecule has 0 radical (unpaired) electrons. The molecular formula is C20H22FN3O. The topological polar surface area (TPSA) is 36.4 Å². The van der Waals surface area contributed by atoms with Crippen molar-refractivity contribution in [3.05, 3.63) is 59.7 Å². The molecule has 1 aliphatic carbocycles. The fourth-order valence-corrected chi connectivity index (χ4v) is 3.42. The number of carbonyl (C=O) groups is 1. The number of pyridine rings is 1. The molecule has 130 valence electrons. The van der Waals surface area contributed by atoms with Crippen molar-refractivity contribution in [2.75, 3.05) is 18.0 Å². The molecule has 1 saturated heterocycles. The van der Waals surface area contributed by atoms with Crippen LogP contribution in [0, 0.1) is 5.82 Å². The predicted molar refractivity (Wildman–Crippen MR) is 95.0 cm³/mol. The summed E-state index contributed by atoms with van der Waals surface area (Å²) in [7, 11) is 0. The van der Waals surface area contributed by atoms with Gasteiger partial charge in [-0.25, -0.2) is 4.39 Å². The first kappa shape index (κ1) is 16.1. The standard InChI is InChI=1S/C20H22FN3O/c21-18-6-2-1-5-15(18)14-24(16-7-8-16)20(25)19-13-17(9-10-22-19)23-11-3-4-12-23/h1-2,5-6,9-10,13,16H,3-4,7-8,11-12,14H2. The van der Waals surface area contributed by atoms with Crippen LogP contribution in [0.2, 0.25) is 0 Å². The minimum Gasteiger partial charge on any atom is -0.371 e. The molecule has 2 aliphatic rings. The summed E-state index contributed by atoms with van der Waals surface area (Å²) in [5.74, 6) is -0.369. The Morgan fingerprint density at radius 3 is 2.68 bits per heavy atom. The summed E-state index contributed by atoms with van der Waals surface area (Å²) in [6, 6.07) is 10.7. The van der Waals surface area contributed by atoms with Crippen molar-refractivity contribution in [3.8, 4) is 0 Å². The minimum absolute atomic E-state index is 0.105. The minimum atomic E-state index is -0.264. The number of hydrogen-bond donors (Lipinski definition) is 0. The molecule has 0 atom stereocenters. The van der Waals surface area contributed by atoms with Crippen LogP contribution in [0.5, 0.6) is 0 Å². The number of carbonyl (C=O) groups excluding carboxylic acids is 1. The maximum Gasteiger partial charge on any atom is 0.273 e. The van der Waals surface area contributed by atoms with Crippen molar-refractivity contribution < 1.29 is 9.18 Å². The highest BCUT2D eigenvalue weighted by Crippen LogP contribution is 2.30. The quantitative estimate of drug-likeness (QED) is 0.835. The molecule has 0 spiro atoms. The molecule has 2 aromatic rings. The van der Waals surface area contributed by atoms with Crippen LogP contribution in [-0.4, -0.2) is 34.9 Å². The summed E-state index contributed by atoms with van der Waals surface area (Å²) in [5, 5.41) is 0. The van der Waals surface area contributed by atoms with E-state index in [0.717, 1.165) is 31.6 Å². The monoisotopic (exact) mass is 339 g/mol. The zero-order chi connectivity index (χ0) is 17.2. The van der Waals surface area contributed by atoms with E-state index >= 15 is 0 Å². The highest BCUT2D eigenvalue weighted by molar-refractivity contribution is 5.93. The zero-order valence-electron chi connectivity index (χ0n) is 14.2. The largest absolute Gasteiger partial charge is 0.371 e. The van der Waals surface area contributed by atoms with Crippen LogP contribution in [0.3, 0.4) is 0 Å². The van der Waals surface area contributed by atoms with Gasteiger partial charge in [-0.15, -0.1) is 0 Å². The molecule has 0 N–H and O–H groups in total. The second kappa shape index (κ2) is 6.82. The Bertz CT molecular complexity index is 769. The Hall–Kier alpha value is -2.43. The molecule has 1 aromatic heterocycles. The Kier molecular flexibility index (Phi) is 4.38. The van der Waals surface area contributed by atoms with Gasteiger partial charge in [0.1, 0.15) is 11.5 Å². The van der Waals surface area contributed by atoms with Gasteiger partial charge in [0.2, 0.25) is 0 Å². The SMILES string of the molecule is O=C(c1cc(N2CCCC2)ccn1)N(Cc1ccccc1F)C1CC1.